The second kappa shape index (κ2) is 9.09. The third-order valence-electron chi connectivity index (χ3n) is 5.49. The van der Waals surface area contributed by atoms with E-state index in [1.807, 2.05) is 18.2 Å². The molecule has 1 aromatic heterocycles. The molecule has 4 rings (SSSR count). The fourth-order valence-corrected chi connectivity index (χ4v) is 3.91. The van der Waals surface area contributed by atoms with E-state index in [0.717, 1.165) is 37.2 Å². The third-order valence-corrected chi connectivity index (χ3v) is 5.49. The van der Waals surface area contributed by atoms with E-state index in [1.165, 1.54) is 18.3 Å². The van der Waals surface area contributed by atoms with E-state index in [1.54, 1.807) is 30.1 Å². The molecule has 0 bridgehead atoms. The minimum Gasteiger partial charge on any atom is -0.497 e. The summed E-state index contributed by atoms with van der Waals surface area (Å²) in [5.74, 6) is 0.262. The topological polar surface area (TPSA) is 59.4 Å². The van der Waals surface area contributed by atoms with Crippen molar-refractivity contribution in [1.82, 2.24) is 19.8 Å². The third kappa shape index (κ3) is 4.36. The maximum atomic E-state index is 13.2. The van der Waals surface area contributed by atoms with Gasteiger partial charge in [0.25, 0.3) is 5.91 Å². The number of rotatable bonds is 7. The Kier molecular flexibility index (Phi) is 6.09. The first-order valence-electron chi connectivity index (χ1n) is 10.1. The molecule has 156 valence electrons. The molecule has 2 heterocycles. The van der Waals surface area contributed by atoms with E-state index in [2.05, 4.69) is 21.3 Å². The average molecular weight is 408 g/mol. The predicted octanol–water partition coefficient (Wildman–Crippen LogP) is 3.59. The average Bonchev–Trinajstić information content (AvgIpc) is 3.47. The molecule has 1 saturated heterocycles. The number of aromatic nitrogens is 2. The summed E-state index contributed by atoms with van der Waals surface area (Å²) < 4.78 is 20.3. The van der Waals surface area contributed by atoms with E-state index in [4.69, 9.17) is 4.74 Å². The molecule has 1 amide bonds. The van der Waals surface area contributed by atoms with Crippen LogP contribution in [0.15, 0.2) is 61.1 Å². The van der Waals surface area contributed by atoms with E-state index >= 15 is 0 Å². The summed E-state index contributed by atoms with van der Waals surface area (Å²) in [5, 5.41) is 3.06. The molecule has 3 aromatic rings. The van der Waals surface area contributed by atoms with Gasteiger partial charge in [0.05, 0.1) is 25.7 Å². The lowest BCUT2D eigenvalue weighted by Gasteiger charge is -2.28. The molecule has 1 atom stereocenters. The molecule has 1 aliphatic rings. The first kappa shape index (κ1) is 20.1. The van der Waals surface area contributed by atoms with Gasteiger partial charge in [0, 0.05) is 12.2 Å². The number of halogens is 1. The van der Waals surface area contributed by atoms with Crippen LogP contribution in [0.5, 0.6) is 5.75 Å². The molecule has 1 N–H and O–H groups in total. The zero-order chi connectivity index (χ0) is 20.9. The summed E-state index contributed by atoms with van der Waals surface area (Å²) in [6.07, 6.45) is 5.40. The molecule has 1 fully saturated rings. The number of carbonyl (C=O) groups is 1. The maximum Gasteiger partial charge on any atom is 0.269 e. The molecule has 0 unspecified atom stereocenters. The van der Waals surface area contributed by atoms with Gasteiger partial charge in [0.15, 0.2) is 0 Å². The molecule has 2 aromatic carbocycles. The van der Waals surface area contributed by atoms with Crippen molar-refractivity contribution < 1.29 is 13.9 Å². The molecule has 0 saturated carbocycles. The van der Waals surface area contributed by atoms with Crippen molar-refractivity contribution in [2.24, 2.45) is 0 Å². The van der Waals surface area contributed by atoms with Crippen LogP contribution >= 0.6 is 0 Å². The minimum absolute atomic E-state index is 0.0637. The second-order valence-corrected chi connectivity index (χ2v) is 7.37. The van der Waals surface area contributed by atoms with E-state index in [0.29, 0.717) is 17.9 Å². The molecule has 6 nitrogen and oxygen atoms in total. The van der Waals surface area contributed by atoms with Crippen molar-refractivity contribution in [2.75, 3.05) is 26.7 Å². The van der Waals surface area contributed by atoms with Crippen molar-refractivity contribution in [3.63, 3.8) is 0 Å². The first-order chi connectivity index (χ1) is 14.7. The molecular formula is C23H25FN4O2. The minimum atomic E-state index is -0.323. The number of amides is 1. The summed E-state index contributed by atoms with van der Waals surface area (Å²) in [6.45, 7) is 2.48. The SMILES string of the molecule is COc1cccc([C@H](CNC(=O)c2cncn2-c2ccc(F)cc2)N2CCCC2)c1. The highest BCUT2D eigenvalue weighted by Crippen LogP contribution is 2.27. The van der Waals surface area contributed by atoms with E-state index in [-0.39, 0.29) is 17.8 Å². The molecular weight excluding hydrogens is 383 g/mol. The van der Waals surface area contributed by atoms with Crippen LogP contribution in [0.4, 0.5) is 4.39 Å². The Labute approximate surface area is 175 Å². The molecule has 7 heteroatoms. The van der Waals surface area contributed by atoms with Gasteiger partial charge in [-0.25, -0.2) is 9.37 Å². The number of imidazole rings is 1. The van der Waals surface area contributed by atoms with Crippen LogP contribution in [0.2, 0.25) is 0 Å². The summed E-state index contributed by atoms with van der Waals surface area (Å²) in [4.78, 5) is 19.5. The van der Waals surface area contributed by atoms with Crippen LogP contribution < -0.4 is 10.1 Å². The number of hydrogen-bond donors (Lipinski definition) is 1. The number of hydrogen-bond acceptors (Lipinski definition) is 4. The van der Waals surface area contributed by atoms with Crippen molar-refractivity contribution in [3.05, 3.63) is 78.1 Å². The van der Waals surface area contributed by atoms with Crippen molar-refractivity contribution in [3.8, 4) is 11.4 Å². The monoisotopic (exact) mass is 408 g/mol. The molecule has 0 aliphatic carbocycles. The van der Waals surface area contributed by atoms with Gasteiger partial charge in [0.1, 0.15) is 17.3 Å². The number of likely N-dealkylation sites (tertiary alicyclic amines) is 1. The maximum absolute atomic E-state index is 13.2. The highest BCUT2D eigenvalue weighted by Gasteiger charge is 2.25. The lowest BCUT2D eigenvalue weighted by atomic mass is 10.0. The standard InChI is InChI=1S/C23H25FN4O2/c1-30-20-6-4-5-17(13-20)21(27-11-2-3-12-27)15-26-23(29)22-14-25-16-28(22)19-9-7-18(24)8-10-19/h4-10,13-14,16,21H,2-3,11-12,15H2,1H3,(H,26,29)/t21-/m0/s1. The molecule has 1 aliphatic heterocycles. The Morgan fingerprint density at radius 1 is 1.20 bits per heavy atom. The summed E-state index contributed by atoms with van der Waals surface area (Å²) in [6, 6.07) is 14.0. The van der Waals surface area contributed by atoms with E-state index in [9.17, 15) is 9.18 Å². The first-order valence-corrected chi connectivity index (χ1v) is 10.1. The highest BCUT2D eigenvalue weighted by molar-refractivity contribution is 5.93. The quantitative estimate of drug-likeness (QED) is 0.649. The largest absolute Gasteiger partial charge is 0.497 e. The van der Waals surface area contributed by atoms with Gasteiger partial charge < -0.3 is 10.1 Å². The van der Waals surface area contributed by atoms with Gasteiger partial charge in [0.2, 0.25) is 0 Å². The van der Waals surface area contributed by atoms with Crippen LogP contribution in [-0.4, -0.2) is 47.1 Å². The smallest absolute Gasteiger partial charge is 0.269 e. The normalized spacial score (nSPS) is 15.1. The number of nitrogens with zero attached hydrogens (tertiary/aromatic N) is 3. The van der Waals surface area contributed by atoms with Gasteiger partial charge in [-0.3, -0.25) is 14.3 Å². The fraction of sp³-hybridized carbons (Fsp3) is 0.304. The summed E-state index contributed by atoms with van der Waals surface area (Å²) >= 11 is 0. The molecule has 30 heavy (non-hydrogen) atoms. The predicted molar refractivity (Wildman–Crippen MR) is 112 cm³/mol. The Morgan fingerprint density at radius 3 is 2.70 bits per heavy atom. The van der Waals surface area contributed by atoms with Crippen LogP contribution in [0.3, 0.4) is 0 Å². The number of carbonyl (C=O) groups excluding carboxylic acids is 1. The molecule has 0 radical (unpaired) electrons. The Morgan fingerprint density at radius 2 is 1.97 bits per heavy atom. The Bertz CT molecular complexity index is 996. The Hall–Kier alpha value is -3.19. The van der Waals surface area contributed by atoms with E-state index < -0.39 is 0 Å². The number of ether oxygens (including phenoxy) is 1. The number of benzene rings is 2. The van der Waals surface area contributed by atoms with Gasteiger partial charge >= 0.3 is 0 Å². The second-order valence-electron chi connectivity index (χ2n) is 7.37. The zero-order valence-electron chi connectivity index (χ0n) is 16.9. The van der Waals surface area contributed by atoms with Crippen molar-refractivity contribution in [1.29, 1.82) is 0 Å². The highest BCUT2D eigenvalue weighted by atomic mass is 19.1. The van der Waals surface area contributed by atoms with Crippen molar-refractivity contribution in [2.45, 2.75) is 18.9 Å². The van der Waals surface area contributed by atoms with Crippen LogP contribution in [-0.2, 0) is 0 Å². The van der Waals surface area contributed by atoms with Crippen LogP contribution in [0.25, 0.3) is 5.69 Å². The number of methoxy groups -OCH3 is 1. The van der Waals surface area contributed by atoms with Crippen LogP contribution in [0, 0.1) is 5.82 Å². The van der Waals surface area contributed by atoms with Gasteiger partial charge in [-0.1, -0.05) is 12.1 Å². The lowest BCUT2D eigenvalue weighted by Crippen LogP contribution is -2.37. The van der Waals surface area contributed by atoms with Crippen molar-refractivity contribution >= 4 is 5.91 Å². The van der Waals surface area contributed by atoms with Gasteiger partial charge in [-0.05, 0) is 67.9 Å². The fourth-order valence-electron chi connectivity index (χ4n) is 3.91. The van der Waals surface area contributed by atoms with Crippen LogP contribution in [0.1, 0.15) is 34.9 Å². The summed E-state index contributed by atoms with van der Waals surface area (Å²) in [7, 11) is 1.66. The Balaban J connectivity index is 1.52. The molecule has 0 spiro atoms. The van der Waals surface area contributed by atoms with Gasteiger partial charge in [-0.15, -0.1) is 0 Å². The van der Waals surface area contributed by atoms with Gasteiger partial charge in [-0.2, -0.15) is 0 Å². The lowest BCUT2D eigenvalue weighted by molar-refractivity contribution is 0.0931. The zero-order valence-corrected chi connectivity index (χ0v) is 16.9. The summed E-state index contributed by atoms with van der Waals surface area (Å²) in [5.41, 5.74) is 2.21. The number of nitrogens with one attached hydrogen (secondary N) is 1.